The van der Waals surface area contributed by atoms with Crippen LogP contribution in [0.4, 0.5) is 0 Å². The molecule has 19 heavy (non-hydrogen) atoms. The molecular formula is C15H26N2O2. The number of amides is 1. The Morgan fingerprint density at radius 2 is 1.95 bits per heavy atom. The third kappa shape index (κ3) is 2.52. The van der Waals surface area contributed by atoms with Gasteiger partial charge < -0.3 is 9.64 Å². The fraction of sp³-hybridized carbons (Fsp3) is 0.933. The average Bonchev–Trinajstić information content (AvgIpc) is 3.16. The zero-order valence-electron chi connectivity index (χ0n) is 12.0. The van der Waals surface area contributed by atoms with Crippen LogP contribution < -0.4 is 0 Å². The van der Waals surface area contributed by atoms with E-state index in [1.165, 1.54) is 32.2 Å². The van der Waals surface area contributed by atoms with Gasteiger partial charge in [0.2, 0.25) is 5.91 Å². The molecule has 0 aromatic rings. The van der Waals surface area contributed by atoms with Crippen LogP contribution in [0.3, 0.4) is 0 Å². The van der Waals surface area contributed by atoms with E-state index in [4.69, 9.17) is 4.74 Å². The molecule has 3 fully saturated rings. The van der Waals surface area contributed by atoms with Crippen molar-refractivity contribution in [1.82, 2.24) is 9.80 Å². The van der Waals surface area contributed by atoms with Gasteiger partial charge in [-0.15, -0.1) is 0 Å². The summed E-state index contributed by atoms with van der Waals surface area (Å²) >= 11 is 0. The first-order valence-corrected chi connectivity index (χ1v) is 7.93. The largest absolute Gasteiger partial charge is 0.381 e. The molecule has 3 aliphatic rings. The van der Waals surface area contributed by atoms with E-state index in [0.29, 0.717) is 24.6 Å². The molecule has 0 radical (unpaired) electrons. The van der Waals surface area contributed by atoms with Gasteiger partial charge >= 0.3 is 0 Å². The number of hydrogen-bond donors (Lipinski definition) is 0. The number of carbonyl (C=O) groups excluding carboxylic acids is 1. The van der Waals surface area contributed by atoms with Crippen molar-refractivity contribution in [3.63, 3.8) is 0 Å². The normalized spacial score (nSPS) is 36.3. The molecule has 4 heteroatoms. The highest BCUT2D eigenvalue weighted by atomic mass is 16.5. The van der Waals surface area contributed by atoms with E-state index >= 15 is 0 Å². The summed E-state index contributed by atoms with van der Waals surface area (Å²) in [5.41, 5.74) is 0. The fourth-order valence-electron chi connectivity index (χ4n) is 4.11. The maximum Gasteiger partial charge on any atom is 0.228 e. The van der Waals surface area contributed by atoms with Crippen molar-refractivity contribution >= 4 is 5.91 Å². The summed E-state index contributed by atoms with van der Waals surface area (Å²) < 4.78 is 5.38. The van der Waals surface area contributed by atoms with E-state index < -0.39 is 0 Å². The number of nitrogens with zero attached hydrogens (tertiary/aromatic N) is 2. The van der Waals surface area contributed by atoms with Gasteiger partial charge in [-0.3, -0.25) is 9.69 Å². The van der Waals surface area contributed by atoms with Gasteiger partial charge in [0.05, 0.1) is 12.5 Å². The van der Waals surface area contributed by atoms with Crippen LogP contribution in [0.25, 0.3) is 0 Å². The number of hydrogen-bond acceptors (Lipinski definition) is 3. The maximum absolute atomic E-state index is 12.6. The number of ether oxygens (including phenoxy) is 1. The molecule has 108 valence electrons. The molecular weight excluding hydrogens is 240 g/mol. The summed E-state index contributed by atoms with van der Waals surface area (Å²) in [6, 6.07) is 1.08. The zero-order chi connectivity index (χ0) is 13.2. The van der Waals surface area contributed by atoms with E-state index in [-0.39, 0.29) is 5.92 Å². The molecule has 0 aliphatic carbocycles. The Labute approximate surface area is 116 Å². The van der Waals surface area contributed by atoms with Crippen molar-refractivity contribution in [2.75, 3.05) is 32.8 Å². The topological polar surface area (TPSA) is 32.8 Å². The lowest BCUT2D eigenvalue weighted by Crippen LogP contribution is -2.49. The third-order valence-corrected chi connectivity index (χ3v) is 5.13. The van der Waals surface area contributed by atoms with E-state index in [1.54, 1.807) is 0 Å². The van der Waals surface area contributed by atoms with Crippen LogP contribution in [-0.4, -0.2) is 60.6 Å². The Morgan fingerprint density at radius 1 is 1.16 bits per heavy atom. The summed E-state index contributed by atoms with van der Waals surface area (Å²) in [5.74, 6) is 0.500. The lowest BCUT2D eigenvalue weighted by Gasteiger charge is -2.35. The van der Waals surface area contributed by atoms with Crippen LogP contribution in [0, 0.1) is 5.92 Å². The average molecular weight is 266 g/mol. The van der Waals surface area contributed by atoms with Crippen molar-refractivity contribution in [3.05, 3.63) is 0 Å². The molecule has 1 amide bonds. The molecule has 0 aromatic heterocycles. The molecule has 4 nitrogen and oxygen atoms in total. The Bertz CT molecular complexity index is 328. The predicted octanol–water partition coefficient (Wildman–Crippen LogP) is 1.50. The van der Waals surface area contributed by atoms with E-state index in [2.05, 4.69) is 16.7 Å². The molecule has 3 rings (SSSR count). The number of rotatable bonds is 3. The Balaban J connectivity index is 1.68. The first-order chi connectivity index (χ1) is 9.31. The lowest BCUT2D eigenvalue weighted by molar-refractivity contribution is -0.137. The van der Waals surface area contributed by atoms with Gasteiger partial charge in [-0.2, -0.15) is 0 Å². The summed E-state index contributed by atoms with van der Waals surface area (Å²) in [4.78, 5) is 17.4. The summed E-state index contributed by atoms with van der Waals surface area (Å²) in [6.07, 6.45) is 5.86. The zero-order valence-corrected chi connectivity index (χ0v) is 12.0. The van der Waals surface area contributed by atoms with Crippen molar-refractivity contribution in [1.29, 1.82) is 0 Å². The highest BCUT2D eigenvalue weighted by molar-refractivity contribution is 5.80. The van der Waals surface area contributed by atoms with Gasteiger partial charge in [0.1, 0.15) is 0 Å². The molecule has 3 saturated heterocycles. The molecule has 0 bridgehead atoms. The summed E-state index contributed by atoms with van der Waals surface area (Å²) in [6.45, 7) is 6.95. The monoisotopic (exact) mass is 266 g/mol. The van der Waals surface area contributed by atoms with E-state index in [1.807, 2.05) is 0 Å². The third-order valence-electron chi connectivity index (χ3n) is 5.13. The second kappa shape index (κ2) is 5.80. The Kier molecular flexibility index (Phi) is 4.08. The summed E-state index contributed by atoms with van der Waals surface area (Å²) in [5, 5.41) is 0. The van der Waals surface area contributed by atoms with Crippen molar-refractivity contribution in [2.45, 2.75) is 51.1 Å². The first kappa shape index (κ1) is 13.4. The van der Waals surface area contributed by atoms with Gasteiger partial charge in [-0.25, -0.2) is 0 Å². The quantitative estimate of drug-likeness (QED) is 0.776. The van der Waals surface area contributed by atoms with Crippen LogP contribution in [0.5, 0.6) is 0 Å². The molecule has 3 atom stereocenters. The minimum absolute atomic E-state index is 0.136. The minimum Gasteiger partial charge on any atom is -0.381 e. The molecule has 0 saturated carbocycles. The van der Waals surface area contributed by atoms with Crippen molar-refractivity contribution < 1.29 is 9.53 Å². The molecule has 0 N–H and O–H groups in total. The smallest absolute Gasteiger partial charge is 0.228 e. The molecule has 3 heterocycles. The van der Waals surface area contributed by atoms with Gasteiger partial charge in [-0.05, 0) is 45.2 Å². The second-order valence-electron chi connectivity index (χ2n) is 6.14. The molecule has 3 aliphatic heterocycles. The van der Waals surface area contributed by atoms with Crippen molar-refractivity contribution in [2.24, 2.45) is 5.92 Å². The Hall–Kier alpha value is -0.610. The van der Waals surface area contributed by atoms with Crippen LogP contribution in [0.2, 0.25) is 0 Å². The molecule has 0 spiro atoms. The van der Waals surface area contributed by atoms with Gasteiger partial charge in [0.15, 0.2) is 0 Å². The van der Waals surface area contributed by atoms with Gasteiger partial charge in [0, 0.05) is 25.2 Å². The highest BCUT2D eigenvalue weighted by Gasteiger charge is 2.41. The lowest BCUT2D eigenvalue weighted by atomic mass is 10.0. The SMILES string of the molecule is CCN1CCC[C@@H]1[C@@H]1CCCN1C(=O)[C@@H]1CCOC1. The number of likely N-dealkylation sites (N-methyl/N-ethyl adjacent to an activating group) is 1. The minimum atomic E-state index is 0.136. The molecule has 0 unspecified atom stereocenters. The first-order valence-electron chi connectivity index (χ1n) is 7.93. The van der Waals surface area contributed by atoms with E-state index in [0.717, 1.165) is 26.1 Å². The van der Waals surface area contributed by atoms with Crippen molar-refractivity contribution in [3.8, 4) is 0 Å². The second-order valence-corrected chi connectivity index (χ2v) is 6.14. The standard InChI is InChI=1S/C15H26N2O2/c1-2-16-8-3-5-13(16)14-6-4-9-17(14)15(18)12-7-10-19-11-12/h12-14H,2-11H2,1H3/t12-,13-,14+/m1/s1. The van der Waals surface area contributed by atoms with Gasteiger partial charge in [0.25, 0.3) is 0 Å². The van der Waals surface area contributed by atoms with Crippen LogP contribution >= 0.6 is 0 Å². The summed E-state index contributed by atoms with van der Waals surface area (Å²) in [7, 11) is 0. The Morgan fingerprint density at radius 3 is 2.68 bits per heavy atom. The maximum atomic E-state index is 12.6. The fourth-order valence-corrected chi connectivity index (χ4v) is 4.11. The predicted molar refractivity (Wildman–Crippen MR) is 73.9 cm³/mol. The van der Waals surface area contributed by atoms with Crippen LogP contribution in [0.1, 0.15) is 39.0 Å². The van der Waals surface area contributed by atoms with Crippen LogP contribution in [-0.2, 0) is 9.53 Å². The molecule has 0 aromatic carbocycles. The number of carbonyl (C=O) groups is 1. The van der Waals surface area contributed by atoms with Gasteiger partial charge in [-0.1, -0.05) is 6.92 Å². The van der Waals surface area contributed by atoms with Crippen LogP contribution in [0.15, 0.2) is 0 Å². The number of likely N-dealkylation sites (tertiary alicyclic amines) is 2. The van der Waals surface area contributed by atoms with E-state index in [9.17, 15) is 4.79 Å². The highest BCUT2D eigenvalue weighted by Crippen LogP contribution is 2.31.